The zero-order valence-corrected chi connectivity index (χ0v) is 11.7. The summed E-state index contributed by atoms with van der Waals surface area (Å²) < 4.78 is 5.18. The summed E-state index contributed by atoms with van der Waals surface area (Å²) in [7, 11) is 0. The van der Waals surface area contributed by atoms with E-state index in [0.29, 0.717) is 17.9 Å². The molecule has 0 amide bonds. The van der Waals surface area contributed by atoms with E-state index >= 15 is 0 Å². The molecule has 0 aliphatic heterocycles. The van der Waals surface area contributed by atoms with E-state index in [2.05, 4.69) is 12.1 Å². The molecule has 0 radical (unpaired) electrons. The molecule has 4 nitrogen and oxygen atoms in total. The molecule has 0 bridgehead atoms. The summed E-state index contributed by atoms with van der Waals surface area (Å²) in [6.45, 7) is 2.17. The minimum Gasteiger partial charge on any atom is -0.427 e. The van der Waals surface area contributed by atoms with E-state index in [4.69, 9.17) is 4.42 Å². The largest absolute Gasteiger partial charge is 0.427 e. The second-order valence-corrected chi connectivity index (χ2v) is 5.00. The first-order valence-electron chi connectivity index (χ1n) is 7.12. The van der Waals surface area contributed by atoms with Gasteiger partial charge in [0, 0.05) is 18.1 Å². The molecule has 2 rings (SSSR count). The van der Waals surface area contributed by atoms with Crippen LogP contribution in [-0.2, 0) is 6.42 Å². The molecule has 0 spiro atoms. The normalized spacial score (nSPS) is 14.1. The average molecular weight is 273 g/mol. The number of fused-ring (bicyclic) bond motifs is 1. The Labute approximate surface area is 118 Å². The number of nitroso groups, excluding NO2 is 1. The van der Waals surface area contributed by atoms with Crippen molar-refractivity contribution in [2.75, 3.05) is 0 Å². The molecule has 106 valence electrons. The van der Waals surface area contributed by atoms with Gasteiger partial charge in [-0.1, -0.05) is 26.2 Å². The molecule has 0 fully saturated rings. The first-order valence-corrected chi connectivity index (χ1v) is 7.12. The Kier molecular flexibility index (Phi) is 5.04. The molecule has 1 aromatic rings. The van der Waals surface area contributed by atoms with Crippen LogP contribution in [0.5, 0.6) is 0 Å². The van der Waals surface area contributed by atoms with Gasteiger partial charge in [-0.3, -0.25) is 0 Å². The summed E-state index contributed by atoms with van der Waals surface area (Å²) in [4.78, 5) is 22.2. The van der Waals surface area contributed by atoms with Gasteiger partial charge < -0.3 is 4.42 Å². The molecule has 0 unspecified atom stereocenters. The van der Waals surface area contributed by atoms with Crippen LogP contribution < -0.4 is 5.63 Å². The van der Waals surface area contributed by atoms with Crippen LogP contribution in [0.15, 0.2) is 43.9 Å². The van der Waals surface area contributed by atoms with E-state index in [0.717, 1.165) is 30.4 Å². The van der Waals surface area contributed by atoms with Crippen LogP contribution in [0.4, 0.5) is 0 Å². The van der Waals surface area contributed by atoms with E-state index in [1.807, 2.05) is 6.08 Å². The van der Waals surface area contributed by atoms with Gasteiger partial charge in [-0.05, 0) is 41.8 Å². The Morgan fingerprint density at radius 2 is 2.10 bits per heavy atom. The van der Waals surface area contributed by atoms with Gasteiger partial charge in [-0.2, -0.15) is 0 Å². The zero-order valence-electron chi connectivity index (χ0n) is 11.7. The van der Waals surface area contributed by atoms with Crippen LogP contribution in [0.25, 0.3) is 6.08 Å². The molecule has 1 aliphatic rings. The molecule has 0 saturated heterocycles. The standard InChI is InChI=1S/C16H19NO3/c1-2-3-4-5-6-12-11-13-7-10-16(18)20-15(13)9-8-14(12)17-19/h7-8,10-11H,2-6,9H2,1H3. The lowest BCUT2D eigenvalue weighted by Crippen LogP contribution is -1.99. The molecule has 0 atom stereocenters. The molecule has 0 aromatic carbocycles. The van der Waals surface area contributed by atoms with E-state index in [9.17, 15) is 9.70 Å². The lowest BCUT2D eigenvalue weighted by molar-refractivity contribution is 0.469. The number of rotatable bonds is 6. The fourth-order valence-electron chi connectivity index (χ4n) is 2.37. The van der Waals surface area contributed by atoms with Gasteiger partial charge in [0.25, 0.3) is 0 Å². The van der Waals surface area contributed by atoms with Crippen molar-refractivity contribution in [2.45, 2.75) is 45.4 Å². The highest BCUT2D eigenvalue weighted by atomic mass is 16.4. The van der Waals surface area contributed by atoms with Crippen LogP contribution in [0.1, 0.15) is 50.4 Å². The summed E-state index contributed by atoms with van der Waals surface area (Å²) in [5.41, 5.74) is 1.91. The van der Waals surface area contributed by atoms with Crippen molar-refractivity contribution in [2.24, 2.45) is 5.18 Å². The van der Waals surface area contributed by atoms with E-state index in [-0.39, 0.29) is 5.63 Å². The minimum absolute atomic E-state index is 0.363. The third kappa shape index (κ3) is 3.53. The maximum absolute atomic E-state index is 11.2. The molecule has 1 heterocycles. The van der Waals surface area contributed by atoms with Crippen molar-refractivity contribution < 1.29 is 4.42 Å². The van der Waals surface area contributed by atoms with Gasteiger partial charge in [0.05, 0.1) is 0 Å². The lowest BCUT2D eigenvalue weighted by atomic mass is 10.0. The molecule has 4 heteroatoms. The average Bonchev–Trinajstić information content (AvgIpc) is 2.62. The number of nitrogens with zero attached hydrogens (tertiary/aromatic N) is 1. The van der Waals surface area contributed by atoms with Crippen LogP contribution in [-0.4, -0.2) is 0 Å². The molecule has 1 aromatic heterocycles. The number of unbranched alkanes of at least 4 members (excludes halogenated alkanes) is 3. The van der Waals surface area contributed by atoms with Crippen molar-refractivity contribution in [1.29, 1.82) is 0 Å². The van der Waals surface area contributed by atoms with Crippen LogP contribution in [0.3, 0.4) is 0 Å². The van der Waals surface area contributed by atoms with Gasteiger partial charge >= 0.3 is 5.63 Å². The third-order valence-electron chi connectivity index (χ3n) is 3.48. The number of hydrogen-bond donors (Lipinski definition) is 0. The Bertz CT molecular complexity index is 596. The Hall–Kier alpha value is -1.97. The summed E-state index contributed by atoms with van der Waals surface area (Å²) in [6, 6.07) is 3.15. The van der Waals surface area contributed by atoms with Gasteiger partial charge in [0.2, 0.25) is 0 Å². The molecular formula is C16H19NO3. The molecule has 0 N–H and O–H groups in total. The predicted octanol–water partition coefficient (Wildman–Crippen LogP) is 4.20. The molecule has 0 saturated carbocycles. The Morgan fingerprint density at radius 3 is 2.85 bits per heavy atom. The van der Waals surface area contributed by atoms with Crippen molar-refractivity contribution >= 4 is 6.08 Å². The van der Waals surface area contributed by atoms with Crippen molar-refractivity contribution in [3.05, 3.63) is 56.1 Å². The maximum Gasteiger partial charge on any atom is 0.335 e. The summed E-state index contributed by atoms with van der Waals surface area (Å²) in [6.07, 6.45) is 9.50. The molecule has 1 aliphatic carbocycles. The van der Waals surface area contributed by atoms with Crippen LogP contribution in [0, 0.1) is 4.91 Å². The van der Waals surface area contributed by atoms with Gasteiger partial charge in [0.1, 0.15) is 11.5 Å². The van der Waals surface area contributed by atoms with Crippen LogP contribution >= 0.6 is 0 Å². The fourth-order valence-corrected chi connectivity index (χ4v) is 2.37. The smallest absolute Gasteiger partial charge is 0.335 e. The molecular weight excluding hydrogens is 254 g/mol. The van der Waals surface area contributed by atoms with Gasteiger partial charge in [-0.15, -0.1) is 4.91 Å². The van der Waals surface area contributed by atoms with E-state index in [1.165, 1.54) is 18.9 Å². The van der Waals surface area contributed by atoms with Crippen molar-refractivity contribution in [1.82, 2.24) is 0 Å². The quantitative estimate of drug-likeness (QED) is 0.576. The first-order chi connectivity index (χ1) is 9.74. The molecule has 20 heavy (non-hydrogen) atoms. The Balaban J connectivity index is 2.23. The summed E-state index contributed by atoms with van der Waals surface area (Å²) in [5, 5.41) is 3.12. The summed E-state index contributed by atoms with van der Waals surface area (Å²) >= 11 is 0. The Morgan fingerprint density at radius 1 is 1.25 bits per heavy atom. The fraction of sp³-hybridized carbons (Fsp3) is 0.438. The highest BCUT2D eigenvalue weighted by Gasteiger charge is 2.14. The third-order valence-corrected chi connectivity index (χ3v) is 3.48. The topological polar surface area (TPSA) is 59.6 Å². The lowest BCUT2D eigenvalue weighted by Gasteiger charge is -2.05. The maximum atomic E-state index is 11.2. The van der Waals surface area contributed by atoms with Crippen LogP contribution in [0.2, 0.25) is 0 Å². The zero-order chi connectivity index (χ0) is 14.4. The van der Waals surface area contributed by atoms with E-state index < -0.39 is 0 Å². The summed E-state index contributed by atoms with van der Waals surface area (Å²) in [5.74, 6) is 0.599. The number of allylic oxidation sites excluding steroid dienone is 2. The monoisotopic (exact) mass is 273 g/mol. The minimum atomic E-state index is -0.363. The highest BCUT2D eigenvalue weighted by Crippen LogP contribution is 2.27. The van der Waals surface area contributed by atoms with Gasteiger partial charge in [0.15, 0.2) is 0 Å². The highest BCUT2D eigenvalue weighted by molar-refractivity contribution is 5.61. The second kappa shape index (κ2) is 6.98. The van der Waals surface area contributed by atoms with Crippen molar-refractivity contribution in [3.63, 3.8) is 0 Å². The first kappa shape index (κ1) is 14.4. The SMILES string of the molecule is CCCCCCC1=Cc2ccc(=O)oc2CC=C1N=O. The second-order valence-electron chi connectivity index (χ2n) is 5.00. The predicted molar refractivity (Wildman–Crippen MR) is 79.3 cm³/mol. The van der Waals surface area contributed by atoms with Crippen molar-refractivity contribution in [3.8, 4) is 0 Å². The van der Waals surface area contributed by atoms with E-state index in [1.54, 1.807) is 12.1 Å². The van der Waals surface area contributed by atoms with Gasteiger partial charge in [-0.25, -0.2) is 4.79 Å². The number of hydrogen-bond acceptors (Lipinski definition) is 4.